The zero-order chi connectivity index (χ0) is 26.6. The Labute approximate surface area is 228 Å². The van der Waals surface area contributed by atoms with E-state index in [-0.39, 0.29) is 0 Å². The van der Waals surface area contributed by atoms with E-state index in [1.807, 2.05) is 55.9 Å². The Balaban J connectivity index is 1.30. The molecule has 7 heteroatoms. The predicted molar refractivity (Wildman–Crippen MR) is 159 cm³/mol. The second-order valence-electron chi connectivity index (χ2n) is 10.2. The largest absolute Gasteiger partial charge is 0.338 e. The molecular formula is C32H33N7. The molecule has 0 spiro atoms. The summed E-state index contributed by atoms with van der Waals surface area (Å²) in [5.74, 6) is 0.806. The second-order valence-corrected chi connectivity index (χ2v) is 10.2. The Morgan fingerprint density at radius 1 is 1.08 bits per heavy atom. The molecule has 0 saturated heterocycles. The van der Waals surface area contributed by atoms with Crippen molar-refractivity contribution in [1.82, 2.24) is 35.5 Å². The normalized spacial score (nSPS) is 15.0. The van der Waals surface area contributed by atoms with Crippen molar-refractivity contribution in [3.63, 3.8) is 0 Å². The summed E-state index contributed by atoms with van der Waals surface area (Å²) in [7, 11) is 0. The zero-order valence-electron chi connectivity index (χ0n) is 22.2. The number of aromatic nitrogens is 6. The third-order valence-corrected chi connectivity index (χ3v) is 7.62. The van der Waals surface area contributed by atoms with Crippen LogP contribution in [0.15, 0.2) is 85.4 Å². The van der Waals surface area contributed by atoms with Crippen molar-refractivity contribution in [2.45, 2.75) is 32.6 Å². The minimum atomic E-state index is 0.802. The van der Waals surface area contributed by atoms with Gasteiger partial charge in [-0.1, -0.05) is 37.6 Å². The van der Waals surface area contributed by atoms with Gasteiger partial charge in [0.15, 0.2) is 0 Å². The summed E-state index contributed by atoms with van der Waals surface area (Å²) in [6.07, 6.45) is 17.1. The fourth-order valence-corrected chi connectivity index (χ4v) is 5.50. The van der Waals surface area contributed by atoms with Crippen LogP contribution in [0.25, 0.3) is 50.2 Å². The van der Waals surface area contributed by atoms with Crippen LogP contribution in [0.1, 0.15) is 38.3 Å². The van der Waals surface area contributed by atoms with Gasteiger partial charge in [0.05, 0.1) is 28.8 Å². The van der Waals surface area contributed by atoms with Gasteiger partial charge in [-0.15, -0.1) is 0 Å². The number of nitrogens with zero attached hydrogens (tertiary/aromatic N) is 4. The van der Waals surface area contributed by atoms with Crippen LogP contribution in [-0.4, -0.2) is 43.2 Å². The summed E-state index contributed by atoms with van der Waals surface area (Å²) in [6.45, 7) is 7.97. The highest BCUT2D eigenvalue weighted by Crippen LogP contribution is 2.33. The van der Waals surface area contributed by atoms with Crippen LogP contribution in [0, 0.1) is 5.92 Å². The molecule has 5 heterocycles. The van der Waals surface area contributed by atoms with Crippen molar-refractivity contribution in [3.8, 4) is 22.6 Å². The van der Waals surface area contributed by atoms with Crippen molar-refractivity contribution in [2.24, 2.45) is 5.92 Å². The van der Waals surface area contributed by atoms with E-state index in [1.54, 1.807) is 0 Å². The topological polar surface area (TPSA) is 95.2 Å². The lowest BCUT2D eigenvalue weighted by atomic mass is 10.0. The Hall–Kier alpha value is -4.36. The van der Waals surface area contributed by atoms with Gasteiger partial charge in [0.1, 0.15) is 11.3 Å². The highest BCUT2D eigenvalue weighted by atomic mass is 15.1. The van der Waals surface area contributed by atoms with Gasteiger partial charge in [-0.2, -0.15) is 5.10 Å². The van der Waals surface area contributed by atoms with E-state index in [2.05, 4.69) is 61.3 Å². The molecule has 0 aromatic carbocycles. The predicted octanol–water partition coefficient (Wildman–Crippen LogP) is 6.86. The number of hydrogen-bond donors (Lipinski definition) is 3. The van der Waals surface area contributed by atoms with Gasteiger partial charge in [-0.05, 0) is 79.8 Å². The van der Waals surface area contributed by atoms with Crippen LogP contribution in [0.4, 0.5) is 0 Å². The van der Waals surface area contributed by atoms with Crippen molar-refractivity contribution in [2.75, 3.05) is 13.1 Å². The number of rotatable bonds is 9. The van der Waals surface area contributed by atoms with Crippen molar-refractivity contribution in [3.05, 3.63) is 91.1 Å². The molecule has 0 aliphatic heterocycles. The van der Waals surface area contributed by atoms with Crippen LogP contribution < -0.4 is 5.32 Å². The Morgan fingerprint density at radius 2 is 1.97 bits per heavy atom. The fraction of sp³-hybridized carbons (Fsp3) is 0.250. The monoisotopic (exact) mass is 515 g/mol. The van der Waals surface area contributed by atoms with E-state index in [0.29, 0.717) is 0 Å². The van der Waals surface area contributed by atoms with Gasteiger partial charge in [0.2, 0.25) is 0 Å². The van der Waals surface area contributed by atoms with Crippen LogP contribution >= 0.6 is 0 Å². The number of aromatic amines is 2. The Bertz CT molecular complexity index is 1670. The van der Waals surface area contributed by atoms with Crippen LogP contribution in [0.5, 0.6) is 0 Å². The summed E-state index contributed by atoms with van der Waals surface area (Å²) < 4.78 is 0. The van der Waals surface area contributed by atoms with Crippen molar-refractivity contribution in [1.29, 1.82) is 0 Å². The molecule has 6 rings (SSSR count). The lowest BCUT2D eigenvalue weighted by Gasteiger charge is -2.11. The first-order chi connectivity index (χ1) is 19.2. The van der Waals surface area contributed by atoms with Gasteiger partial charge < -0.3 is 10.3 Å². The van der Waals surface area contributed by atoms with Crippen molar-refractivity contribution < 1.29 is 0 Å². The average Bonchev–Trinajstić information content (AvgIpc) is 3.74. The number of allylic oxidation sites excluding steroid dienone is 3. The maximum atomic E-state index is 4.74. The zero-order valence-corrected chi connectivity index (χ0v) is 22.2. The molecule has 7 nitrogen and oxygen atoms in total. The molecule has 1 aliphatic rings. The first-order valence-electron chi connectivity index (χ1n) is 13.7. The summed E-state index contributed by atoms with van der Waals surface area (Å²) in [6, 6.07) is 12.1. The van der Waals surface area contributed by atoms with E-state index in [4.69, 9.17) is 4.98 Å². The van der Waals surface area contributed by atoms with Crippen molar-refractivity contribution >= 4 is 27.5 Å². The molecule has 0 radical (unpaired) electrons. The quantitative estimate of drug-likeness (QED) is 0.186. The van der Waals surface area contributed by atoms with Gasteiger partial charge in [0.25, 0.3) is 0 Å². The minimum Gasteiger partial charge on any atom is -0.338 e. The first-order valence-corrected chi connectivity index (χ1v) is 13.7. The molecule has 5 aromatic heterocycles. The summed E-state index contributed by atoms with van der Waals surface area (Å²) in [4.78, 5) is 17.3. The Morgan fingerprint density at radius 3 is 2.77 bits per heavy atom. The lowest BCUT2D eigenvalue weighted by Crippen LogP contribution is -2.23. The molecule has 1 aliphatic carbocycles. The third-order valence-electron chi connectivity index (χ3n) is 7.62. The molecule has 39 heavy (non-hydrogen) atoms. The first kappa shape index (κ1) is 24.9. The SMILES string of the molecule is C=C/C(=C\C(=C/C)c1cc2c(-c3cc4c(-c5ccccn5)ccnc4[nH]3)n[nH]c2cn1)CNCC1CCCC1. The second kappa shape index (κ2) is 11.2. The molecule has 0 atom stereocenters. The smallest absolute Gasteiger partial charge is 0.138 e. The fourth-order valence-electron chi connectivity index (χ4n) is 5.50. The minimum absolute atomic E-state index is 0.802. The number of nitrogens with one attached hydrogen (secondary N) is 3. The van der Waals surface area contributed by atoms with Crippen LogP contribution in [0.2, 0.25) is 0 Å². The van der Waals surface area contributed by atoms with Crippen LogP contribution in [-0.2, 0) is 0 Å². The summed E-state index contributed by atoms with van der Waals surface area (Å²) in [5, 5.41) is 13.4. The maximum absolute atomic E-state index is 4.74. The van der Waals surface area contributed by atoms with Gasteiger partial charge in [0, 0.05) is 35.3 Å². The molecule has 0 unspecified atom stereocenters. The van der Waals surface area contributed by atoms with Gasteiger partial charge in [-0.3, -0.25) is 15.1 Å². The molecule has 0 bridgehead atoms. The number of fused-ring (bicyclic) bond motifs is 2. The van der Waals surface area contributed by atoms with E-state index in [0.717, 1.165) is 80.4 Å². The maximum Gasteiger partial charge on any atom is 0.138 e. The highest BCUT2D eigenvalue weighted by Gasteiger charge is 2.16. The number of pyridine rings is 3. The number of hydrogen-bond acceptors (Lipinski definition) is 5. The molecule has 5 aromatic rings. The van der Waals surface area contributed by atoms with E-state index in [9.17, 15) is 0 Å². The van der Waals surface area contributed by atoms with E-state index < -0.39 is 0 Å². The van der Waals surface area contributed by atoms with Gasteiger partial charge in [-0.25, -0.2) is 4.98 Å². The molecule has 0 amide bonds. The highest BCUT2D eigenvalue weighted by molar-refractivity contribution is 5.99. The third kappa shape index (κ3) is 5.18. The van der Waals surface area contributed by atoms with Gasteiger partial charge >= 0.3 is 0 Å². The lowest BCUT2D eigenvalue weighted by molar-refractivity contribution is 0.503. The number of H-pyrrole nitrogens is 2. The molecule has 3 N–H and O–H groups in total. The molecular weight excluding hydrogens is 482 g/mol. The Kier molecular flexibility index (Phi) is 7.15. The van der Waals surface area contributed by atoms with E-state index in [1.165, 1.54) is 25.7 Å². The van der Waals surface area contributed by atoms with Crippen LogP contribution in [0.3, 0.4) is 0 Å². The standard InChI is InChI=1S/C32H33N7/c1-3-21(18-33-19-22-9-5-6-10-22)15-23(4-2)28-17-26-30(20-36-28)38-39-31(26)29-16-25-24(12-14-35-32(25)37-29)27-11-7-8-13-34-27/h3-4,7-8,11-17,20,22,33H,1,5-6,9-10,18-19H2,2H3,(H,35,37)(H,38,39)/b21-15+,23-4+. The summed E-state index contributed by atoms with van der Waals surface area (Å²) in [5.41, 5.74) is 8.45. The summed E-state index contributed by atoms with van der Waals surface area (Å²) >= 11 is 0. The molecule has 1 fully saturated rings. The molecule has 196 valence electrons. The molecule has 1 saturated carbocycles. The van der Waals surface area contributed by atoms with E-state index >= 15 is 0 Å². The average molecular weight is 516 g/mol.